The van der Waals surface area contributed by atoms with E-state index in [2.05, 4.69) is 120 Å². The molecule has 0 heterocycles. The van der Waals surface area contributed by atoms with Gasteiger partial charge in [-0.3, -0.25) is 0 Å². The topological polar surface area (TPSA) is 12.0 Å². The number of hydrogen-bond donors (Lipinski definition) is 1. The minimum atomic E-state index is 1.09. The predicted molar refractivity (Wildman–Crippen MR) is 129 cm³/mol. The fourth-order valence-electron chi connectivity index (χ4n) is 3.26. The first-order chi connectivity index (χ1) is 13.7. The average molecular weight is 432 g/mol. The molecule has 4 aromatic rings. The highest BCUT2D eigenvalue weighted by molar-refractivity contribution is 9.10. The minimum Gasteiger partial charge on any atom is -0.317 e. The third-order valence-corrected chi connectivity index (χ3v) is 5.33. The zero-order valence-corrected chi connectivity index (χ0v) is 18.0. The van der Waals surface area contributed by atoms with E-state index >= 15 is 0 Å². The molecule has 0 saturated carbocycles. The van der Waals surface area contributed by atoms with Gasteiger partial charge in [0.15, 0.2) is 0 Å². The van der Waals surface area contributed by atoms with Crippen molar-refractivity contribution in [2.45, 2.75) is 13.8 Å². The Morgan fingerprint density at radius 3 is 2.11 bits per heavy atom. The van der Waals surface area contributed by atoms with Gasteiger partial charge in [0.2, 0.25) is 0 Å². The third-order valence-electron chi connectivity index (χ3n) is 4.64. The zero-order chi connectivity index (χ0) is 19.8. The third kappa shape index (κ3) is 4.89. The maximum atomic E-state index is 3.69. The summed E-state index contributed by atoms with van der Waals surface area (Å²) in [6, 6.07) is 27.6. The number of halogens is 1. The van der Waals surface area contributed by atoms with Crippen LogP contribution >= 0.6 is 15.9 Å². The number of rotatable bonds is 4. The van der Waals surface area contributed by atoms with Crippen molar-refractivity contribution in [1.82, 2.24) is 5.32 Å². The van der Waals surface area contributed by atoms with Crippen LogP contribution in [0.4, 0.5) is 0 Å². The van der Waals surface area contributed by atoms with E-state index in [0.29, 0.717) is 0 Å². The highest BCUT2D eigenvalue weighted by Crippen LogP contribution is 2.33. The van der Waals surface area contributed by atoms with Gasteiger partial charge in [-0.15, -0.1) is 0 Å². The molecule has 0 radical (unpaired) electrons. The standard InChI is InChI=1S/C22H15Br.C4H11N/c23-22-12-6-11-19-20(14-13-16-7-2-1-3-8-16)18-10-5-4-9-17(18)15-21(19)22;1-3-5-4-2/h1-15H;5H,3-4H2,1-2H3. The van der Waals surface area contributed by atoms with E-state index in [1.807, 2.05) is 6.07 Å². The zero-order valence-electron chi connectivity index (χ0n) is 16.5. The van der Waals surface area contributed by atoms with E-state index in [1.54, 1.807) is 0 Å². The molecule has 1 nitrogen and oxygen atoms in total. The molecule has 0 aliphatic rings. The molecule has 0 fully saturated rings. The lowest BCUT2D eigenvalue weighted by Gasteiger charge is -2.09. The normalized spacial score (nSPS) is 11.0. The number of hydrogen-bond acceptors (Lipinski definition) is 1. The van der Waals surface area contributed by atoms with Crippen LogP contribution in [0, 0.1) is 0 Å². The van der Waals surface area contributed by atoms with Gasteiger partial charge in [-0.05, 0) is 57.9 Å². The van der Waals surface area contributed by atoms with Crippen molar-refractivity contribution >= 4 is 49.6 Å². The molecule has 4 aromatic carbocycles. The van der Waals surface area contributed by atoms with Crippen LogP contribution in [0.25, 0.3) is 33.7 Å². The number of benzene rings is 4. The van der Waals surface area contributed by atoms with Crippen molar-refractivity contribution in [3.8, 4) is 0 Å². The molecule has 0 unspecified atom stereocenters. The summed E-state index contributed by atoms with van der Waals surface area (Å²) < 4.78 is 1.13. The van der Waals surface area contributed by atoms with Crippen molar-refractivity contribution in [1.29, 1.82) is 0 Å². The Hall–Kier alpha value is -2.42. The van der Waals surface area contributed by atoms with Crippen molar-refractivity contribution < 1.29 is 0 Å². The van der Waals surface area contributed by atoms with E-state index < -0.39 is 0 Å². The molecule has 0 aromatic heterocycles. The van der Waals surface area contributed by atoms with Crippen LogP contribution in [0.3, 0.4) is 0 Å². The Balaban J connectivity index is 0.000000403. The first kappa shape index (κ1) is 20.3. The highest BCUT2D eigenvalue weighted by Gasteiger charge is 2.07. The van der Waals surface area contributed by atoms with Gasteiger partial charge in [0.1, 0.15) is 0 Å². The van der Waals surface area contributed by atoms with Crippen LogP contribution in [-0.4, -0.2) is 13.1 Å². The Labute approximate surface area is 176 Å². The minimum absolute atomic E-state index is 1.09. The molecular formula is C26H26BrN. The average Bonchev–Trinajstić information content (AvgIpc) is 2.74. The Bertz CT molecular complexity index is 1070. The SMILES string of the molecule is Brc1cccc2c(C=Cc3ccccc3)c3ccccc3cc12.CCNCC. The van der Waals surface area contributed by atoms with Crippen molar-refractivity contribution in [3.63, 3.8) is 0 Å². The predicted octanol–water partition coefficient (Wildman–Crippen LogP) is 7.54. The van der Waals surface area contributed by atoms with Gasteiger partial charge in [0, 0.05) is 4.47 Å². The van der Waals surface area contributed by atoms with Crippen LogP contribution < -0.4 is 5.32 Å². The van der Waals surface area contributed by atoms with Crippen molar-refractivity contribution in [2.24, 2.45) is 0 Å². The summed E-state index contributed by atoms with van der Waals surface area (Å²) in [5, 5.41) is 8.18. The Morgan fingerprint density at radius 2 is 1.39 bits per heavy atom. The first-order valence-corrected chi connectivity index (χ1v) is 10.6. The smallest absolute Gasteiger partial charge is 0.0254 e. The molecule has 0 atom stereocenters. The Morgan fingerprint density at radius 1 is 0.714 bits per heavy atom. The van der Waals surface area contributed by atoms with Gasteiger partial charge >= 0.3 is 0 Å². The van der Waals surface area contributed by atoms with E-state index in [1.165, 1.54) is 32.7 Å². The lowest BCUT2D eigenvalue weighted by molar-refractivity contribution is 0.762. The number of nitrogens with one attached hydrogen (secondary N) is 1. The molecule has 0 amide bonds. The molecular weight excluding hydrogens is 406 g/mol. The van der Waals surface area contributed by atoms with Crippen LogP contribution in [0.5, 0.6) is 0 Å². The molecule has 1 N–H and O–H groups in total. The summed E-state index contributed by atoms with van der Waals surface area (Å²) in [6.45, 7) is 6.39. The molecule has 0 aliphatic carbocycles. The maximum absolute atomic E-state index is 3.69. The lowest BCUT2D eigenvalue weighted by atomic mass is 9.96. The Kier molecular flexibility index (Phi) is 7.41. The van der Waals surface area contributed by atoms with Gasteiger partial charge < -0.3 is 5.32 Å². The van der Waals surface area contributed by atoms with Crippen LogP contribution in [0.2, 0.25) is 0 Å². The molecule has 2 heteroatoms. The summed E-state index contributed by atoms with van der Waals surface area (Å²) in [6.07, 6.45) is 4.41. The summed E-state index contributed by atoms with van der Waals surface area (Å²) in [7, 11) is 0. The summed E-state index contributed by atoms with van der Waals surface area (Å²) >= 11 is 3.69. The van der Waals surface area contributed by atoms with Crippen molar-refractivity contribution in [3.05, 3.63) is 94.5 Å². The van der Waals surface area contributed by atoms with Crippen LogP contribution in [0.15, 0.2) is 83.3 Å². The van der Waals surface area contributed by atoms with Crippen LogP contribution in [-0.2, 0) is 0 Å². The second-order valence-electron chi connectivity index (χ2n) is 6.55. The molecule has 0 saturated heterocycles. The highest BCUT2D eigenvalue weighted by atomic mass is 79.9. The lowest BCUT2D eigenvalue weighted by Crippen LogP contribution is -2.09. The number of fused-ring (bicyclic) bond motifs is 2. The van der Waals surface area contributed by atoms with E-state index in [-0.39, 0.29) is 0 Å². The molecule has 28 heavy (non-hydrogen) atoms. The molecule has 0 bridgehead atoms. The fourth-order valence-corrected chi connectivity index (χ4v) is 3.74. The molecule has 0 spiro atoms. The van der Waals surface area contributed by atoms with E-state index in [9.17, 15) is 0 Å². The second kappa shape index (κ2) is 10.2. The monoisotopic (exact) mass is 431 g/mol. The van der Waals surface area contributed by atoms with Crippen LogP contribution in [0.1, 0.15) is 25.0 Å². The van der Waals surface area contributed by atoms with Gasteiger partial charge in [-0.1, -0.05) is 109 Å². The second-order valence-corrected chi connectivity index (χ2v) is 7.40. The van der Waals surface area contributed by atoms with E-state index in [4.69, 9.17) is 0 Å². The summed E-state index contributed by atoms with van der Waals surface area (Å²) in [5.41, 5.74) is 2.48. The van der Waals surface area contributed by atoms with Gasteiger partial charge in [-0.2, -0.15) is 0 Å². The largest absolute Gasteiger partial charge is 0.317 e. The summed E-state index contributed by atoms with van der Waals surface area (Å²) in [4.78, 5) is 0. The van der Waals surface area contributed by atoms with Gasteiger partial charge in [0.05, 0.1) is 0 Å². The fraction of sp³-hybridized carbons (Fsp3) is 0.154. The molecule has 0 aliphatic heterocycles. The summed E-state index contributed by atoms with van der Waals surface area (Å²) in [5.74, 6) is 0. The van der Waals surface area contributed by atoms with E-state index in [0.717, 1.165) is 17.6 Å². The van der Waals surface area contributed by atoms with Crippen molar-refractivity contribution in [2.75, 3.05) is 13.1 Å². The molecule has 4 rings (SSSR count). The quantitative estimate of drug-likeness (QED) is 0.259. The first-order valence-electron chi connectivity index (χ1n) is 9.78. The van der Waals surface area contributed by atoms with Gasteiger partial charge in [0.25, 0.3) is 0 Å². The van der Waals surface area contributed by atoms with Gasteiger partial charge in [-0.25, -0.2) is 0 Å². The molecule has 142 valence electrons. The maximum Gasteiger partial charge on any atom is 0.0254 e.